The van der Waals surface area contributed by atoms with Crippen LogP contribution in [0.1, 0.15) is 5.56 Å². The fraction of sp³-hybridized carbons (Fsp3) is 0.100. The minimum Gasteiger partial charge on any atom is -0.273 e. The molecule has 0 unspecified atom stereocenters. The number of hydrogen-bond acceptors (Lipinski definition) is 2. The van der Waals surface area contributed by atoms with Crippen molar-refractivity contribution in [2.24, 2.45) is 0 Å². The SMILES string of the molecule is [NH]C(=O)Cc1csc2ccccc12. The Labute approximate surface area is 80.0 Å². The molecule has 1 radical (unpaired) electrons. The molecule has 0 saturated carbocycles. The van der Waals surface area contributed by atoms with E-state index in [1.165, 1.54) is 4.70 Å². The zero-order valence-electron chi connectivity index (χ0n) is 6.91. The van der Waals surface area contributed by atoms with E-state index in [1.54, 1.807) is 11.3 Å². The summed E-state index contributed by atoms with van der Waals surface area (Å²) in [6, 6.07) is 7.94. The summed E-state index contributed by atoms with van der Waals surface area (Å²) in [5.74, 6) is -0.524. The van der Waals surface area contributed by atoms with Gasteiger partial charge >= 0.3 is 0 Å². The molecule has 1 amide bonds. The number of hydrogen-bond donors (Lipinski definition) is 0. The molecule has 1 aromatic heterocycles. The van der Waals surface area contributed by atoms with Crippen molar-refractivity contribution in [2.45, 2.75) is 6.42 Å². The first kappa shape index (κ1) is 8.26. The first-order chi connectivity index (χ1) is 6.27. The molecule has 1 heterocycles. The van der Waals surface area contributed by atoms with Crippen LogP contribution in [0.2, 0.25) is 0 Å². The van der Waals surface area contributed by atoms with Gasteiger partial charge in [0.15, 0.2) is 0 Å². The van der Waals surface area contributed by atoms with Gasteiger partial charge in [-0.25, -0.2) is 0 Å². The Morgan fingerprint density at radius 1 is 1.38 bits per heavy atom. The highest BCUT2D eigenvalue weighted by Crippen LogP contribution is 2.25. The van der Waals surface area contributed by atoms with Crippen LogP contribution in [0.4, 0.5) is 0 Å². The Morgan fingerprint density at radius 2 is 2.15 bits per heavy atom. The van der Waals surface area contributed by atoms with E-state index in [4.69, 9.17) is 5.73 Å². The van der Waals surface area contributed by atoms with Crippen LogP contribution in [-0.4, -0.2) is 5.91 Å². The van der Waals surface area contributed by atoms with E-state index in [1.807, 2.05) is 29.6 Å². The van der Waals surface area contributed by atoms with E-state index in [2.05, 4.69) is 0 Å². The van der Waals surface area contributed by atoms with E-state index in [0.717, 1.165) is 10.9 Å². The molecular weight excluding hydrogens is 182 g/mol. The van der Waals surface area contributed by atoms with E-state index in [0.29, 0.717) is 0 Å². The Morgan fingerprint density at radius 3 is 2.92 bits per heavy atom. The molecule has 2 nitrogen and oxygen atoms in total. The molecule has 13 heavy (non-hydrogen) atoms. The van der Waals surface area contributed by atoms with Gasteiger partial charge in [-0.05, 0) is 22.4 Å². The average Bonchev–Trinajstić information content (AvgIpc) is 2.48. The highest BCUT2D eigenvalue weighted by molar-refractivity contribution is 7.17. The first-order valence-electron chi connectivity index (χ1n) is 3.97. The molecule has 65 valence electrons. The number of amides is 1. The van der Waals surface area contributed by atoms with Gasteiger partial charge in [-0.2, -0.15) is 0 Å². The number of fused-ring (bicyclic) bond motifs is 1. The number of rotatable bonds is 2. The fourth-order valence-electron chi connectivity index (χ4n) is 1.34. The van der Waals surface area contributed by atoms with Crippen LogP contribution >= 0.6 is 11.3 Å². The average molecular weight is 190 g/mol. The van der Waals surface area contributed by atoms with E-state index in [9.17, 15) is 4.79 Å². The number of carbonyl (C=O) groups is 1. The number of nitrogens with one attached hydrogen (secondary N) is 1. The Kier molecular flexibility index (Phi) is 2.02. The summed E-state index contributed by atoms with van der Waals surface area (Å²) < 4.78 is 1.18. The molecular formula is C10H8NOS. The van der Waals surface area contributed by atoms with Crippen LogP contribution in [0.5, 0.6) is 0 Å². The Balaban J connectivity index is 2.51. The van der Waals surface area contributed by atoms with Crippen LogP contribution in [0.25, 0.3) is 10.1 Å². The van der Waals surface area contributed by atoms with Gasteiger partial charge in [-0.3, -0.25) is 10.5 Å². The van der Waals surface area contributed by atoms with Crippen molar-refractivity contribution in [2.75, 3.05) is 0 Å². The highest BCUT2D eigenvalue weighted by Gasteiger charge is 2.05. The monoisotopic (exact) mass is 190 g/mol. The second kappa shape index (κ2) is 3.18. The number of benzene rings is 1. The van der Waals surface area contributed by atoms with Crippen molar-refractivity contribution in [1.29, 1.82) is 0 Å². The van der Waals surface area contributed by atoms with Gasteiger partial charge in [0.05, 0.1) is 6.42 Å². The van der Waals surface area contributed by atoms with Gasteiger partial charge in [0.2, 0.25) is 5.91 Å². The van der Waals surface area contributed by atoms with Crippen molar-refractivity contribution in [3.05, 3.63) is 35.2 Å². The van der Waals surface area contributed by atoms with E-state index < -0.39 is 5.91 Å². The number of thiophene rings is 1. The third-order valence-corrected chi connectivity index (χ3v) is 2.92. The van der Waals surface area contributed by atoms with Crippen LogP contribution in [0.15, 0.2) is 29.6 Å². The second-order valence-corrected chi connectivity index (χ2v) is 3.77. The molecule has 0 atom stereocenters. The van der Waals surface area contributed by atoms with Crippen LogP contribution in [-0.2, 0) is 11.2 Å². The maximum absolute atomic E-state index is 10.6. The molecule has 3 heteroatoms. The second-order valence-electron chi connectivity index (χ2n) is 2.86. The molecule has 0 fully saturated rings. The smallest absolute Gasteiger partial charge is 0.242 e. The maximum Gasteiger partial charge on any atom is 0.242 e. The van der Waals surface area contributed by atoms with Gasteiger partial charge in [0.25, 0.3) is 0 Å². The lowest BCUT2D eigenvalue weighted by Gasteiger charge is -1.93. The summed E-state index contributed by atoms with van der Waals surface area (Å²) in [4.78, 5) is 10.6. The normalized spacial score (nSPS) is 10.5. The Bertz CT molecular complexity index is 447. The third kappa shape index (κ3) is 1.55. The topological polar surface area (TPSA) is 40.9 Å². The molecule has 0 spiro atoms. The van der Waals surface area contributed by atoms with Crippen molar-refractivity contribution >= 4 is 27.3 Å². The Hall–Kier alpha value is -1.35. The fourth-order valence-corrected chi connectivity index (χ4v) is 2.31. The van der Waals surface area contributed by atoms with Crippen LogP contribution < -0.4 is 5.73 Å². The van der Waals surface area contributed by atoms with Gasteiger partial charge < -0.3 is 0 Å². The first-order valence-corrected chi connectivity index (χ1v) is 4.85. The highest BCUT2D eigenvalue weighted by atomic mass is 32.1. The van der Waals surface area contributed by atoms with Crippen molar-refractivity contribution in [3.63, 3.8) is 0 Å². The third-order valence-electron chi connectivity index (χ3n) is 1.91. The minimum atomic E-state index is -0.524. The molecule has 2 rings (SSSR count). The lowest BCUT2D eigenvalue weighted by Crippen LogP contribution is -2.01. The molecule has 0 bridgehead atoms. The van der Waals surface area contributed by atoms with Crippen LogP contribution in [0, 0.1) is 0 Å². The van der Waals surface area contributed by atoms with Gasteiger partial charge in [0.1, 0.15) is 0 Å². The van der Waals surface area contributed by atoms with Crippen molar-refractivity contribution in [1.82, 2.24) is 5.73 Å². The molecule has 0 aliphatic rings. The summed E-state index contributed by atoms with van der Waals surface area (Å²) >= 11 is 1.62. The van der Waals surface area contributed by atoms with Gasteiger partial charge in [0, 0.05) is 4.70 Å². The molecule has 2 aromatic rings. The predicted molar refractivity (Wildman–Crippen MR) is 53.6 cm³/mol. The maximum atomic E-state index is 10.6. The molecule has 1 N–H and O–H groups in total. The summed E-state index contributed by atoms with van der Waals surface area (Å²) in [5, 5.41) is 3.06. The lowest BCUT2D eigenvalue weighted by molar-refractivity contribution is -0.117. The van der Waals surface area contributed by atoms with Crippen LogP contribution in [0.3, 0.4) is 0 Å². The molecule has 0 aliphatic heterocycles. The predicted octanol–water partition coefficient (Wildman–Crippen LogP) is 2.25. The summed E-state index contributed by atoms with van der Waals surface area (Å²) in [7, 11) is 0. The summed E-state index contributed by atoms with van der Waals surface area (Å²) in [6.45, 7) is 0. The minimum absolute atomic E-state index is 0.226. The summed E-state index contributed by atoms with van der Waals surface area (Å²) in [6.07, 6.45) is 0.226. The van der Waals surface area contributed by atoms with Crippen molar-refractivity contribution < 1.29 is 4.79 Å². The molecule has 0 aliphatic carbocycles. The van der Waals surface area contributed by atoms with Gasteiger partial charge in [-0.15, -0.1) is 11.3 Å². The van der Waals surface area contributed by atoms with Gasteiger partial charge in [-0.1, -0.05) is 18.2 Å². The molecule has 1 aromatic carbocycles. The van der Waals surface area contributed by atoms with E-state index in [-0.39, 0.29) is 6.42 Å². The molecule has 0 saturated heterocycles. The zero-order chi connectivity index (χ0) is 9.26. The largest absolute Gasteiger partial charge is 0.273 e. The zero-order valence-corrected chi connectivity index (χ0v) is 7.73. The van der Waals surface area contributed by atoms with Crippen molar-refractivity contribution in [3.8, 4) is 0 Å². The standard InChI is InChI=1S/C10H8NOS/c11-10(12)5-7-6-13-9-4-2-1-3-8(7)9/h1-4,6,11H,5H2. The number of carbonyl (C=O) groups excluding carboxylic acids is 1. The quantitative estimate of drug-likeness (QED) is 0.716. The lowest BCUT2D eigenvalue weighted by atomic mass is 10.1. The van der Waals surface area contributed by atoms with E-state index >= 15 is 0 Å². The summed E-state index contributed by atoms with van der Waals surface area (Å²) in [5.41, 5.74) is 7.87.